The molecule has 0 saturated heterocycles. The Hall–Kier alpha value is -2.01. The summed E-state index contributed by atoms with van der Waals surface area (Å²) in [6.07, 6.45) is 3.65. The van der Waals surface area contributed by atoms with Crippen LogP contribution in [0.1, 0.15) is 38.3 Å². The highest BCUT2D eigenvalue weighted by atomic mass is 35.5. The van der Waals surface area contributed by atoms with Crippen molar-refractivity contribution in [3.63, 3.8) is 0 Å². The van der Waals surface area contributed by atoms with E-state index >= 15 is 0 Å². The highest BCUT2D eigenvalue weighted by Gasteiger charge is 2.24. The lowest BCUT2D eigenvalue weighted by atomic mass is 9.88. The van der Waals surface area contributed by atoms with Crippen LogP contribution >= 0.6 is 11.6 Å². The van der Waals surface area contributed by atoms with Gasteiger partial charge in [-0.25, -0.2) is 22.5 Å². The molecule has 0 amide bonds. The maximum absolute atomic E-state index is 13.4. The third-order valence-electron chi connectivity index (χ3n) is 4.82. The van der Waals surface area contributed by atoms with E-state index in [4.69, 9.17) is 16.9 Å². The molecule has 0 spiro atoms. The van der Waals surface area contributed by atoms with E-state index in [1.807, 2.05) is 0 Å². The second-order valence-corrected chi connectivity index (χ2v) is 8.98. The van der Waals surface area contributed by atoms with Gasteiger partial charge in [-0.15, -0.1) is 0 Å². The Kier molecular flexibility index (Phi) is 5.80. The summed E-state index contributed by atoms with van der Waals surface area (Å²) in [6, 6.07) is 8.43. The summed E-state index contributed by atoms with van der Waals surface area (Å²) in [4.78, 5) is 4.00. The molecule has 0 bridgehead atoms. The van der Waals surface area contributed by atoms with Crippen LogP contribution in [0.4, 0.5) is 4.39 Å². The smallest absolute Gasteiger partial charge is 0.234 e. The van der Waals surface area contributed by atoms with Crippen molar-refractivity contribution in [1.82, 2.24) is 9.71 Å². The van der Waals surface area contributed by atoms with Crippen molar-refractivity contribution < 1.29 is 12.8 Å². The highest BCUT2D eigenvalue weighted by Crippen LogP contribution is 2.30. The summed E-state index contributed by atoms with van der Waals surface area (Å²) in [5.41, 5.74) is 0.392. The molecular formula is C19H19ClFN3O2S. The number of pyridine rings is 1. The zero-order valence-corrected chi connectivity index (χ0v) is 16.3. The molecule has 1 aliphatic carbocycles. The lowest BCUT2D eigenvalue weighted by molar-refractivity contribution is 0.332. The van der Waals surface area contributed by atoms with Gasteiger partial charge in [0.2, 0.25) is 10.0 Å². The van der Waals surface area contributed by atoms with Crippen molar-refractivity contribution in [1.29, 1.82) is 5.26 Å². The van der Waals surface area contributed by atoms with Crippen molar-refractivity contribution >= 4 is 21.6 Å². The summed E-state index contributed by atoms with van der Waals surface area (Å²) in [6.45, 7) is 2.17. The normalized spacial score (nSPS) is 20.2. The van der Waals surface area contributed by atoms with E-state index in [9.17, 15) is 12.8 Å². The molecule has 8 heteroatoms. The first-order valence-corrected chi connectivity index (χ1v) is 10.5. The maximum Gasteiger partial charge on any atom is 0.240 e. The minimum absolute atomic E-state index is 0.0671. The molecule has 1 fully saturated rings. The van der Waals surface area contributed by atoms with Crippen LogP contribution in [0.2, 0.25) is 5.02 Å². The van der Waals surface area contributed by atoms with Gasteiger partial charge in [-0.1, -0.05) is 18.5 Å². The Morgan fingerprint density at radius 2 is 1.93 bits per heavy atom. The molecule has 0 atom stereocenters. The molecule has 0 aliphatic heterocycles. The number of aromatic nitrogens is 1. The lowest BCUT2D eigenvalue weighted by Crippen LogP contribution is -2.37. The first-order valence-electron chi connectivity index (χ1n) is 8.69. The van der Waals surface area contributed by atoms with Gasteiger partial charge >= 0.3 is 0 Å². The summed E-state index contributed by atoms with van der Waals surface area (Å²) >= 11 is 6.26. The van der Waals surface area contributed by atoms with Gasteiger partial charge in [-0.05, 0) is 61.9 Å². The SMILES string of the molecule is CC1CCC(NS(=O)(=O)c2ccc(-c3ccc(F)c(C#N)n3)c(Cl)c2)CC1. The Balaban J connectivity index is 1.85. The van der Waals surface area contributed by atoms with Crippen LogP contribution in [-0.2, 0) is 10.0 Å². The van der Waals surface area contributed by atoms with Crippen molar-refractivity contribution in [3.05, 3.63) is 46.9 Å². The molecule has 1 N–H and O–H groups in total. The van der Waals surface area contributed by atoms with Gasteiger partial charge in [0.25, 0.3) is 0 Å². The summed E-state index contributed by atoms with van der Waals surface area (Å²) in [7, 11) is -3.69. The minimum atomic E-state index is -3.69. The number of sulfonamides is 1. The van der Waals surface area contributed by atoms with Gasteiger partial charge in [0, 0.05) is 11.6 Å². The van der Waals surface area contributed by atoms with Gasteiger partial charge in [0.05, 0.1) is 15.6 Å². The van der Waals surface area contributed by atoms with Gasteiger partial charge in [0.1, 0.15) is 6.07 Å². The quantitative estimate of drug-likeness (QED) is 0.820. The van der Waals surface area contributed by atoms with Crippen LogP contribution in [0.15, 0.2) is 35.2 Å². The number of hydrogen-bond acceptors (Lipinski definition) is 4. The second-order valence-electron chi connectivity index (χ2n) is 6.86. The number of hydrogen-bond donors (Lipinski definition) is 1. The first-order chi connectivity index (χ1) is 12.8. The zero-order valence-electron chi connectivity index (χ0n) is 14.7. The molecule has 3 rings (SSSR count). The number of nitriles is 1. The Morgan fingerprint density at radius 1 is 1.22 bits per heavy atom. The predicted octanol–water partition coefficient (Wildman–Crippen LogP) is 4.27. The number of rotatable bonds is 4. The van der Waals surface area contributed by atoms with Crippen LogP contribution in [-0.4, -0.2) is 19.4 Å². The van der Waals surface area contributed by atoms with E-state index in [0.717, 1.165) is 31.7 Å². The zero-order chi connectivity index (χ0) is 19.6. The molecule has 27 heavy (non-hydrogen) atoms. The highest BCUT2D eigenvalue weighted by molar-refractivity contribution is 7.89. The Labute approximate surface area is 163 Å². The van der Waals surface area contributed by atoms with E-state index in [2.05, 4.69) is 16.6 Å². The molecule has 0 unspecified atom stereocenters. The predicted molar refractivity (Wildman–Crippen MR) is 101 cm³/mol. The Bertz CT molecular complexity index is 996. The molecule has 0 radical (unpaired) electrons. The number of halogens is 2. The van der Waals surface area contributed by atoms with E-state index < -0.39 is 15.8 Å². The molecule has 5 nitrogen and oxygen atoms in total. The molecular weight excluding hydrogens is 389 g/mol. The van der Waals surface area contributed by atoms with Gasteiger partial charge in [0.15, 0.2) is 11.5 Å². The van der Waals surface area contributed by atoms with Crippen LogP contribution in [0.25, 0.3) is 11.3 Å². The summed E-state index contributed by atoms with van der Waals surface area (Å²) in [5, 5.41) is 9.07. The molecule has 1 saturated carbocycles. The maximum atomic E-state index is 13.4. The Morgan fingerprint density at radius 3 is 2.56 bits per heavy atom. The number of benzene rings is 1. The number of nitrogens with one attached hydrogen (secondary N) is 1. The molecule has 142 valence electrons. The summed E-state index contributed by atoms with van der Waals surface area (Å²) < 4.78 is 41.5. The molecule has 2 aromatic rings. The van der Waals surface area contributed by atoms with Crippen LogP contribution in [0.3, 0.4) is 0 Å². The van der Waals surface area contributed by atoms with Gasteiger partial charge in [-0.2, -0.15) is 5.26 Å². The van der Waals surface area contributed by atoms with Crippen LogP contribution in [0.5, 0.6) is 0 Å². The second kappa shape index (κ2) is 7.93. The summed E-state index contributed by atoms with van der Waals surface area (Å²) in [5.74, 6) is -0.0939. The van der Waals surface area contributed by atoms with E-state index in [1.165, 1.54) is 24.3 Å². The third kappa shape index (κ3) is 4.46. The fourth-order valence-corrected chi connectivity index (χ4v) is 4.88. The largest absolute Gasteiger partial charge is 0.240 e. The molecule has 1 aromatic carbocycles. The van der Waals surface area contributed by atoms with Crippen molar-refractivity contribution in [3.8, 4) is 17.3 Å². The van der Waals surface area contributed by atoms with Crippen molar-refractivity contribution in [2.24, 2.45) is 5.92 Å². The van der Waals surface area contributed by atoms with E-state index in [1.54, 1.807) is 6.07 Å². The van der Waals surface area contributed by atoms with Gasteiger partial charge in [-0.3, -0.25) is 0 Å². The molecule has 1 heterocycles. The average molecular weight is 408 g/mol. The minimum Gasteiger partial charge on any atom is -0.234 e. The lowest BCUT2D eigenvalue weighted by Gasteiger charge is -2.26. The fourth-order valence-electron chi connectivity index (χ4n) is 3.21. The third-order valence-corrected chi connectivity index (χ3v) is 6.65. The monoisotopic (exact) mass is 407 g/mol. The fraction of sp³-hybridized carbons (Fsp3) is 0.368. The van der Waals surface area contributed by atoms with E-state index in [0.29, 0.717) is 17.2 Å². The van der Waals surface area contributed by atoms with Gasteiger partial charge < -0.3 is 0 Å². The van der Waals surface area contributed by atoms with Crippen molar-refractivity contribution in [2.45, 2.75) is 43.5 Å². The van der Waals surface area contributed by atoms with Crippen molar-refractivity contribution in [2.75, 3.05) is 0 Å². The molecule has 1 aliphatic rings. The first kappa shape index (κ1) is 19.7. The van der Waals surface area contributed by atoms with E-state index in [-0.39, 0.29) is 21.7 Å². The average Bonchev–Trinajstić information content (AvgIpc) is 2.64. The number of nitrogens with zero attached hydrogens (tertiary/aromatic N) is 2. The molecule has 1 aromatic heterocycles. The van der Waals surface area contributed by atoms with Crippen LogP contribution in [0, 0.1) is 23.1 Å². The van der Waals surface area contributed by atoms with Crippen LogP contribution < -0.4 is 4.72 Å². The standard InChI is InChI=1S/C19H19ClFN3O2S/c1-12-2-4-13(5-3-12)24-27(25,26)14-6-7-15(16(20)10-14)18-9-8-17(21)19(11-22)23-18/h6-10,12-13,24H,2-5H2,1H3. The topological polar surface area (TPSA) is 82.9 Å².